The second-order valence-electron chi connectivity index (χ2n) is 5.24. The highest BCUT2D eigenvalue weighted by Crippen LogP contribution is 2.14. The Kier molecular flexibility index (Phi) is 7.28. The zero-order chi connectivity index (χ0) is 18.1. The predicted molar refractivity (Wildman–Crippen MR) is 104 cm³/mol. The van der Waals surface area contributed by atoms with Crippen LogP contribution in [0.1, 0.15) is 16.8 Å². The fraction of sp³-hybridized carbons (Fsp3) is 0.222. The van der Waals surface area contributed by atoms with Gasteiger partial charge in [0.05, 0.1) is 7.11 Å². The second kappa shape index (κ2) is 9.68. The minimum atomic E-state index is -0.102. The van der Waals surface area contributed by atoms with E-state index >= 15 is 0 Å². The fourth-order valence-corrected chi connectivity index (χ4v) is 2.47. The fourth-order valence-electron chi connectivity index (χ4n) is 2.07. The van der Waals surface area contributed by atoms with E-state index in [0.29, 0.717) is 31.0 Å². The third-order valence-electron chi connectivity index (χ3n) is 3.35. The van der Waals surface area contributed by atoms with Crippen molar-refractivity contribution in [1.82, 2.24) is 5.32 Å². The highest BCUT2D eigenvalue weighted by atomic mass is 79.9. The Bertz CT molecular complexity index is 732. The van der Waals surface area contributed by atoms with Crippen molar-refractivity contribution in [3.05, 3.63) is 58.6 Å². The number of anilines is 1. The molecule has 4 N–H and O–H groups in total. The third kappa shape index (κ3) is 6.46. The van der Waals surface area contributed by atoms with Crippen LogP contribution < -0.4 is 21.1 Å². The molecule has 0 saturated heterocycles. The molecule has 132 valence electrons. The SMILES string of the molecule is COc1ccc(NC(N)=NCCCNC(=O)c2cccc(Br)c2)cc1. The maximum atomic E-state index is 12.0. The minimum Gasteiger partial charge on any atom is -0.497 e. The number of hydrogen-bond donors (Lipinski definition) is 3. The Hall–Kier alpha value is -2.54. The van der Waals surface area contributed by atoms with Crippen molar-refractivity contribution in [3.8, 4) is 5.75 Å². The Morgan fingerprint density at radius 2 is 2.00 bits per heavy atom. The van der Waals surface area contributed by atoms with E-state index in [9.17, 15) is 4.79 Å². The van der Waals surface area contributed by atoms with Crippen LogP contribution in [0.4, 0.5) is 5.69 Å². The van der Waals surface area contributed by atoms with Crippen LogP contribution in [0, 0.1) is 0 Å². The van der Waals surface area contributed by atoms with E-state index in [4.69, 9.17) is 10.5 Å². The van der Waals surface area contributed by atoms with Crippen LogP contribution in [0.15, 0.2) is 58.0 Å². The van der Waals surface area contributed by atoms with Gasteiger partial charge in [-0.2, -0.15) is 0 Å². The van der Waals surface area contributed by atoms with Crippen LogP contribution >= 0.6 is 15.9 Å². The number of rotatable bonds is 7. The number of aliphatic imine (C=N–C) groups is 1. The largest absolute Gasteiger partial charge is 0.497 e. The van der Waals surface area contributed by atoms with Crippen molar-refractivity contribution in [3.63, 3.8) is 0 Å². The van der Waals surface area contributed by atoms with Crippen molar-refractivity contribution < 1.29 is 9.53 Å². The molecule has 0 radical (unpaired) electrons. The minimum absolute atomic E-state index is 0.102. The third-order valence-corrected chi connectivity index (χ3v) is 3.85. The van der Waals surface area contributed by atoms with Crippen LogP contribution in [0.3, 0.4) is 0 Å². The van der Waals surface area contributed by atoms with Gasteiger partial charge in [0, 0.05) is 28.8 Å². The van der Waals surface area contributed by atoms with Crippen LogP contribution in [0.25, 0.3) is 0 Å². The molecule has 0 atom stereocenters. The molecule has 0 bridgehead atoms. The van der Waals surface area contributed by atoms with Gasteiger partial charge in [-0.25, -0.2) is 0 Å². The van der Waals surface area contributed by atoms with Crippen molar-refractivity contribution in [1.29, 1.82) is 0 Å². The standard InChI is InChI=1S/C18H21BrN4O2/c1-25-16-8-6-15(7-9-16)23-18(20)22-11-3-10-21-17(24)13-4-2-5-14(19)12-13/h2,4-9,12H,3,10-11H2,1H3,(H,21,24)(H3,20,22,23). The molecular weight excluding hydrogens is 384 g/mol. The van der Waals surface area contributed by atoms with Gasteiger partial charge in [0.25, 0.3) is 5.91 Å². The Morgan fingerprint density at radius 3 is 2.68 bits per heavy atom. The Labute approximate surface area is 155 Å². The normalized spacial score (nSPS) is 11.0. The van der Waals surface area contributed by atoms with E-state index < -0.39 is 0 Å². The lowest BCUT2D eigenvalue weighted by atomic mass is 10.2. The van der Waals surface area contributed by atoms with Gasteiger partial charge in [-0.1, -0.05) is 22.0 Å². The number of methoxy groups -OCH3 is 1. The summed E-state index contributed by atoms with van der Waals surface area (Å²) >= 11 is 3.35. The van der Waals surface area contributed by atoms with Gasteiger partial charge in [0.2, 0.25) is 0 Å². The summed E-state index contributed by atoms with van der Waals surface area (Å²) in [6.45, 7) is 1.05. The van der Waals surface area contributed by atoms with Gasteiger partial charge in [-0.05, 0) is 48.9 Å². The maximum absolute atomic E-state index is 12.0. The summed E-state index contributed by atoms with van der Waals surface area (Å²) in [5.41, 5.74) is 7.30. The predicted octanol–water partition coefficient (Wildman–Crippen LogP) is 3.00. The monoisotopic (exact) mass is 404 g/mol. The first-order chi connectivity index (χ1) is 12.1. The first-order valence-corrected chi connectivity index (χ1v) is 8.62. The van der Waals surface area contributed by atoms with Gasteiger partial charge < -0.3 is 21.1 Å². The molecule has 2 aromatic carbocycles. The lowest BCUT2D eigenvalue weighted by molar-refractivity contribution is 0.0953. The smallest absolute Gasteiger partial charge is 0.251 e. The molecule has 0 aliphatic carbocycles. The van der Waals surface area contributed by atoms with Crippen molar-refractivity contribution in [2.75, 3.05) is 25.5 Å². The summed E-state index contributed by atoms with van der Waals surface area (Å²) in [6, 6.07) is 14.7. The Morgan fingerprint density at radius 1 is 1.24 bits per heavy atom. The van der Waals surface area contributed by atoms with Crippen LogP contribution in [-0.2, 0) is 0 Å². The summed E-state index contributed by atoms with van der Waals surface area (Å²) in [6.07, 6.45) is 0.699. The number of halogens is 1. The van der Waals surface area contributed by atoms with E-state index in [1.807, 2.05) is 36.4 Å². The van der Waals surface area contributed by atoms with E-state index in [2.05, 4.69) is 31.6 Å². The molecule has 0 unspecified atom stereocenters. The number of nitrogens with two attached hydrogens (primary N) is 1. The van der Waals surface area contributed by atoms with Gasteiger partial charge in [-0.15, -0.1) is 0 Å². The number of nitrogens with one attached hydrogen (secondary N) is 2. The quantitative estimate of drug-likeness (QED) is 0.375. The molecule has 2 rings (SSSR count). The molecule has 2 aromatic rings. The molecule has 0 aliphatic rings. The maximum Gasteiger partial charge on any atom is 0.251 e. The zero-order valence-electron chi connectivity index (χ0n) is 14.0. The number of benzene rings is 2. The number of amides is 1. The molecular formula is C18H21BrN4O2. The number of ether oxygens (including phenoxy) is 1. The summed E-state index contributed by atoms with van der Waals surface area (Å²) in [7, 11) is 1.62. The second-order valence-corrected chi connectivity index (χ2v) is 6.16. The average Bonchev–Trinajstić information content (AvgIpc) is 2.62. The number of carbonyl (C=O) groups is 1. The van der Waals surface area contributed by atoms with E-state index in [1.54, 1.807) is 19.2 Å². The van der Waals surface area contributed by atoms with Crippen LogP contribution in [0.5, 0.6) is 5.75 Å². The summed E-state index contributed by atoms with van der Waals surface area (Å²) in [5.74, 6) is 1.01. The van der Waals surface area contributed by atoms with Crippen molar-refractivity contribution in [2.24, 2.45) is 10.7 Å². The number of carbonyl (C=O) groups excluding carboxylic acids is 1. The lowest BCUT2D eigenvalue weighted by Gasteiger charge is -2.07. The van der Waals surface area contributed by atoms with Crippen LogP contribution in [-0.4, -0.2) is 32.1 Å². The first kappa shape index (κ1) is 18.8. The zero-order valence-corrected chi connectivity index (χ0v) is 15.5. The number of hydrogen-bond acceptors (Lipinski definition) is 3. The highest BCUT2D eigenvalue weighted by molar-refractivity contribution is 9.10. The number of nitrogens with zero attached hydrogens (tertiary/aromatic N) is 1. The highest BCUT2D eigenvalue weighted by Gasteiger charge is 2.04. The molecule has 0 aliphatic heterocycles. The Balaban J connectivity index is 1.70. The molecule has 0 aromatic heterocycles. The van der Waals surface area contributed by atoms with E-state index in [1.165, 1.54) is 0 Å². The van der Waals surface area contributed by atoms with Gasteiger partial charge in [-0.3, -0.25) is 9.79 Å². The first-order valence-electron chi connectivity index (χ1n) is 7.83. The molecule has 7 heteroatoms. The van der Waals surface area contributed by atoms with Crippen LogP contribution in [0.2, 0.25) is 0 Å². The van der Waals surface area contributed by atoms with E-state index in [-0.39, 0.29) is 5.91 Å². The van der Waals surface area contributed by atoms with Gasteiger partial charge in [0.15, 0.2) is 5.96 Å². The molecule has 25 heavy (non-hydrogen) atoms. The molecule has 0 saturated carbocycles. The average molecular weight is 405 g/mol. The molecule has 6 nitrogen and oxygen atoms in total. The molecule has 0 fully saturated rings. The van der Waals surface area contributed by atoms with Gasteiger partial charge >= 0.3 is 0 Å². The van der Waals surface area contributed by atoms with Gasteiger partial charge in [0.1, 0.15) is 5.75 Å². The lowest BCUT2D eigenvalue weighted by Crippen LogP contribution is -2.26. The van der Waals surface area contributed by atoms with E-state index in [0.717, 1.165) is 15.9 Å². The molecule has 0 heterocycles. The summed E-state index contributed by atoms with van der Waals surface area (Å²) in [4.78, 5) is 16.2. The van der Waals surface area contributed by atoms with Crippen molar-refractivity contribution in [2.45, 2.75) is 6.42 Å². The summed E-state index contributed by atoms with van der Waals surface area (Å²) in [5, 5.41) is 5.86. The molecule has 0 spiro atoms. The summed E-state index contributed by atoms with van der Waals surface area (Å²) < 4.78 is 5.97. The topological polar surface area (TPSA) is 88.7 Å². The van der Waals surface area contributed by atoms with Crippen molar-refractivity contribution >= 4 is 33.5 Å². The molecule has 1 amide bonds. The number of guanidine groups is 1.